The second-order valence-corrected chi connectivity index (χ2v) is 7.79. The first-order valence-corrected chi connectivity index (χ1v) is 9.75. The van der Waals surface area contributed by atoms with Crippen LogP contribution in [0.15, 0.2) is 29.3 Å². The highest BCUT2D eigenvalue weighted by atomic mass is 16.1. The smallest absolute Gasteiger partial charge is 0.266 e. The standard InChI is InChI=1S/C20H27N5O/c1-15-5-6-19(26)25(23-15)14-16-7-9-24(10-8-16)13-17-11-21-20(22-12-17)18-3-2-4-18/h5-6,11-12,16,18H,2-4,7-10,13-14H2,1H3. The van der Waals surface area contributed by atoms with E-state index < -0.39 is 0 Å². The Morgan fingerprint density at radius 1 is 1.08 bits per heavy atom. The SMILES string of the molecule is Cc1ccc(=O)n(CC2CCN(Cc3cnc(C4CCC4)nc3)CC2)n1. The lowest BCUT2D eigenvalue weighted by Gasteiger charge is -2.32. The molecule has 138 valence electrons. The number of nitrogens with zero attached hydrogens (tertiary/aromatic N) is 5. The summed E-state index contributed by atoms with van der Waals surface area (Å²) in [5.41, 5.74) is 2.09. The molecule has 1 saturated heterocycles. The first kappa shape index (κ1) is 17.3. The molecule has 0 amide bonds. The Morgan fingerprint density at radius 2 is 1.81 bits per heavy atom. The van der Waals surface area contributed by atoms with Gasteiger partial charge in [0.25, 0.3) is 5.56 Å². The van der Waals surface area contributed by atoms with Crippen molar-refractivity contribution in [2.45, 2.75) is 58.0 Å². The third kappa shape index (κ3) is 4.01. The molecule has 2 fully saturated rings. The van der Waals surface area contributed by atoms with Gasteiger partial charge in [-0.05, 0) is 57.7 Å². The van der Waals surface area contributed by atoms with Gasteiger partial charge in [0.1, 0.15) is 5.82 Å². The zero-order valence-corrected chi connectivity index (χ0v) is 15.5. The van der Waals surface area contributed by atoms with Crippen molar-refractivity contribution in [2.24, 2.45) is 5.92 Å². The summed E-state index contributed by atoms with van der Waals surface area (Å²) in [5.74, 6) is 2.14. The second kappa shape index (κ2) is 7.66. The quantitative estimate of drug-likeness (QED) is 0.826. The Morgan fingerprint density at radius 3 is 2.46 bits per heavy atom. The van der Waals surface area contributed by atoms with E-state index in [0.29, 0.717) is 11.8 Å². The maximum atomic E-state index is 11.9. The molecule has 4 rings (SSSR count). The summed E-state index contributed by atoms with van der Waals surface area (Å²) in [6.07, 6.45) is 10.0. The minimum atomic E-state index is 0.00160. The number of hydrogen-bond donors (Lipinski definition) is 0. The predicted octanol–water partition coefficient (Wildman–Crippen LogP) is 2.52. The van der Waals surface area contributed by atoms with Crippen molar-refractivity contribution in [3.8, 4) is 0 Å². The molecular formula is C20H27N5O. The van der Waals surface area contributed by atoms with Crippen LogP contribution in [0.3, 0.4) is 0 Å². The fraction of sp³-hybridized carbons (Fsp3) is 0.600. The molecule has 0 bridgehead atoms. The van der Waals surface area contributed by atoms with Gasteiger partial charge in [-0.2, -0.15) is 5.10 Å². The highest BCUT2D eigenvalue weighted by Crippen LogP contribution is 2.33. The van der Waals surface area contributed by atoms with Crippen molar-refractivity contribution >= 4 is 0 Å². The Hall–Kier alpha value is -2.08. The molecule has 26 heavy (non-hydrogen) atoms. The topological polar surface area (TPSA) is 63.9 Å². The zero-order chi connectivity index (χ0) is 17.9. The molecule has 0 unspecified atom stereocenters. The maximum Gasteiger partial charge on any atom is 0.266 e. The van der Waals surface area contributed by atoms with Gasteiger partial charge < -0.3 is 0 Å². The molecule has 2 aromatic rings. The summed E-state index contributed by atoms with van der Waals surface area (Å²) < 4.78 is 1.63. The minimum Gasteiger partial charge on any atom is -0.299 e. The monoisotopic (exact) mass is 353 g/mol. The molecule has 6 nitrogen and oxygen atoms in total. The molecule has 0 atom stereocenters. The third-order valence-electron chi connectivity index (χ3n) is 5.74. The number of likely N-dealkylation sites (tertiary alicyclic amines) is 1. The molecule has 0 aromatic carbocycles. The van der Waals surface area contributed by atoms with Crippen LogP contribution in [0.1, 0.15) is 55.1 Å². The van der Waals surface area contributed by atoms with Crippen LogP contribution < -0.4 is 5.56 Å². The molecule has 1 aliphatic carbocycles. The largest absolute Gasteiger partial charge is 0.299 e. The van der Waals surface area contributed by atoms with Gasteiger partial charge in [-0.15, -0.1) is 0 Å². The van der Waals surface area contributed by atoms with Crippen LogP contribution in [0.25, 0.3) is 0 Å². The van der Waals surface area contributed by atoms with Crippen LogP contribution in [0.2, 0.25) is 0 Å². The van der Waals surface area contributed by atoms with Crippen molar-refractivity contribution in [2.75, 3.05) is 13.1 Å². The number of piperidine rings is 1. The molecule has 0 radical (unpaired) electrons. The predicted molar refractivity (Wildman–Crippen MR) is 99.9 cm³/mol. The van der Waals surface area contributed by atoms with Crippen LogP contribution in [0.4, 0.5) is 0 Å². The van der Waals surface area contributed by atoms with Crippen LogP contribution in [0.5, 0.6) is 0 Å². The summed E-state index contributed by atoms with van der Waals surface area (Å²) >= 11 is 0. The molecule has 1 saturated carbocycles. The van der Waals surface area contributed by atoms with Crippen molar-refractivity contribution in [1.82, 2.24) is 24.6 Å². The summed E-state index contributed by atoms with van der Waals surface area (Å²) in [7, 11) is 0. The lowest BCUT2D eigenvalue weighted by atomic mass is 9.85. The van der Waals surface area contributed by atoms with Crippen LogP contribution in [-0.2, 0) is 13.1 Å². The van der Waals surface area contributed by atoms with E-state index in [0.717, 1.165) is 50.5 Å². The van der Waals surface area contributed by atoms with Crippen LogP contribution >= 0.6 is 0 Å². The fourth-order valence-electron chi connectivity index (χ4n) is 3.84. The number of rotatable bonds is 5. The fourth-order valence-corrected chi connectivity index (χ4v) is 3.84. The van der Waals surface area contributed by atoms with Crippen molar-refractivity contribution in [1.29, 1.82) is 0 Å². The number of aromatic nitrogens is 4. The van der Waals surface area contributed by atoms with E-state index in [1.165, 1.54) is 24.8 Å². The summed E-state index contributed by atoms with van der Waals surface area (Å²) in [6, 6.07) is 3.39. The van der Waals surface area contributed by atoms with E-state index in [1.807, 2.05) is 19.3 Å². The van der Waals surface area contributed by atoms with E-state index in [1.54, 1.807) is 16.8 Å². The van der Waals surface area contributed by atoms with Gasteiger partial charge in [0, 0.05) is 43.0 Å². The van der Waals surface area contributed by atoms with Gasteiger partial charge in [-0.1, -0.05) is 6.42 Å². The van der Waals surface area contributed by atoms with Crippen LogP contribution in [-0.4, -0.2) is 37.7 Å². The van der Waals surface area contributed by atoms with Crippen LogP contribution in [0, 0.1) is 12.8 Å². The van der Waals surface area contributed by atoms with Gasteiger partial charge in [0.2, 0.25) is 0 Å². The van der Waals surface area contributed by atoms with E-state index >= 15 is 0 Å². The van der Waals surface area contributed by atoms with Crippen molar-refractivity contribution < 1.29 is 0 Å². The zero-order valence-electron chi connectivity index (χ0n) is 15.5. The van der Waals surface area contributed by atoms with Gasteiger partial charge in [-0.3, -0.25) is 9.69 Å². The Bertz CT molecular complexity index is 789. The van der Waals surface area contributed by atoms with Gasteiger partial charge in [-0.25, -0.2) is 14.6 Å². The lowest BCUT2D eigenvalue weighted by Crippen LogP contribution is -2.36. The average Bonchev–Trinajstić information content (AvgIpc) is 2.60. The maximum absolute atomic E-state index is 11.9. The third-order valence-corrected chi connectivity index (χ3v) is 5.74. The first-order chi connectivity index (χ1) is 12.7. The Labute approximate surface area is 154 Å². The van der Waals surface area contributed by atoms with Gasteiger partial charge in [0.15, 0.2) is 0 Å². The normalized spacial score (nSPS) is 19.4. The first-order valence-electron chi connectivity index (χ1n) is 9.75. The van der Waals surface area contributed by atoms with E-state index in [9.17, 15) is 4.79 Å². The molecule has 6 heteroatoms. The number of aryl methyl sites for hydroxylation is 1. The summed E-state index contributed by atoms with van der Waals surface area (Å²) in [5, 5.41) is 4.36. The second-order valence-electron chi connectivity index (χ2n) is 7.79. The summed E-state index contributed by atoms with van der Waals surface area (Å²) in [4.78, 5) is 23.5. The Kier molecular flexibility index (Phi) is 5.11. The minimum absolute atomic E-state index is 0.00160. The highest BCUT2D eigenvalue weighted by Gasteiger charge is 2.23. The molecule has 1 aliphatic heterocycles. The lowest BCUT2D eigenvalue weighted by molar-refractivity contribution is 0.163. The van der Waals surface area contributed by atoms with Gasteiger partial charge in [0.05, 0.1) is 5.69 Å². The van der Waals surface area contributed by atoms with Crippen molar-refractivity contribution in [3.05, 3.63) is 52.0 Å². The molecular weight excluding hydrogens is 326 g/mol. The molecule has 2 aliphatic rings. The van der Waals surface area contributed by atoms with E-state index in [-0.39, 0.29) is 5.56 Å². The molecule has 3 heterocycles. The van der Waals surface area contributed by atoms with Gasteiger partial charge >= 0.3 is 0 Å². The average molecular weight is 353 g/mol. The van der Waals surface area contributed by atoms with E-state index in [4.69, 9.17) is 0 Å². The number of hydrogen-bond acceptors (Lipinski definition) is 5. The van der Waals surface area contributed by atoms with Crippen molar-refractivity contribution in [3.63, 3.8) is 0 Å². The highest BCUT2D eigenvalue weighted by molar-refractivity contribution is 5.09. The summed E-state index contributed by atoms with van der Waals surface area (Å²) in [6.45, 7) is 5.68. The van der Waals surface area contributed by atoms with E-state index in [2.05, 4.69) is 20.0 Å². The Balaban J connectivity index is 1.28. The molecule has 2 aromatic heterocycles. The molecule has 0 spiro atoms. The molecule has 0 N–H and O–H groups in total.